The first-order valence-corrected chi connectivity index (χ1v) is 7.45. The van der Waals surface area contributed by atoms with Gasteiger partial charge in [0.25, 0.3) is 0 Å². The van der Waals surface area contributed by atoms with Crippen LogP contribution in [-0.2, 0) is 11.8 Å². The highest BCUT2D eigenvalue weighted by atomic mass is 32.5. The van der Waals surface area contributed by atoms with Crippen LogP contribution in [0.15, 0.2) is 34.8 Å². The summed E-state index contributed by atoms with van der Waals surface area (Å²) in [6.07, 6.45) is 0. The highest BCUT2D eigenvalue weighted by Crippen LogP contribution is 2.65. The third-order valence-electron chi connectivity index (χ3n) is 1.28. The van der Waals surface area contributed by atoms with Crippen LogP contribution in [0.25, 0.3) is 0 Å². The Bertz CT molecular complexity index is 409. The lowest BCUT2D eigenvalue weighted by molar-refractivity contribution is 0.721. The number of hydrogen-bond acceptors (Lipinski definition) is 1. The molecule has 0 aliphatic carbocycles. The third-order valence-corrected chi connectivity index (χ3v) is 4.59. The molecular formula is C6H5F4NP2S. The van der Waals surface area contributed by atoms with Crippen LogP contribution in [0.3, 0.4) is 0 Å². The molecule has 1 aromatic rings. The third kappa shape index (κ3) is 3.52. The summed E-state index contributed by atoms with van der Waals surface area (Å²) < 4.78 is 52.8. The molecule has 0 N–H and O–H groups in total. The second kappa shape index (κ2) is 4.13. The van der Waals surface area contributed by atoms with Crippen LogP contribution in [-0.4, -0.2) is 0 Å². The van der Waals surface area contributed by atoms with E-state index < -0.39 is 19.8 Å². The van der Waals surface area contributed by atoms with Gasteiger partial charge in [0.1, 0.15) is 0 Å². The van der Waals surface area contributed by atoms with Crippen LogP contribution in [0, 0.1) is 0 Å². The number of nitrogens with zero attached hydrogens (tertiary/aromatic N) is 1. The Labute approximate surface area is 83.7 Å². The lowest BCUT2D eigenvalue weighted by Gasteiger charge is -2.05. The molecule has 0 bridgehead atoms. The molecule has 78 valence electrons. The first kappa shape index (κ1) is 11.9. The molecule has 8 heteroatoms. The zero-order valence-electron chi connectivity index (χ0n) is 6.65. The molecule has 14 heavy (non-hydrogen) atoms. The monoisotopic (exact) mass is 261 g/mol. The van der Waals surface area contributed by atoms with Gasteiger partial charge in [-0.05, 0) is 23.9 Å². The quantitative estimate of drug-likeness (QED) is 0.566. The lowest BCUT2D eigenvalue weighted by atomic mass is 10.4. The van der Waals surface area contributed by atoms with Crippen molar-refractivity contribution >= 4 is 31.6 Å². The largest absolute Gasteiger partial charge is 0.387 e. The van der Waals surface area contributed by atoms with Crippen molar-refractivity contribution in [2.45, 2.75) is 0 Å². The molecule has 0 unspecified atom stereocenters. The molecule has 1 aromatic carbocycles. The van der Waals surface area contributed by atoms with E-state index in [0.29, 0.717) is 0 Å². The summed E-state index contributed by atoms with van der Waals surface area (Å²) in [6, 6.07) is 6.35. The van der Waals surface area contributed by atoms with Crippen molar-refractivity contribution in [3.8, 4) is 0 Å². The molecule has 0 amide bonds. The van der Waals surface area contributed by atoms with Crippen LogP contribution >= 0.6 is 14.5 Å². The highest BCUT2D eigenvalue weighted by Gasteiger charge is 2.26. The normalized spacial score (nSPS) is 12.6. The minimum Gasteiger partial charge on any atom is -0.167 e. The Kier molecular flexibility index (Phi) is 3.51. The van der Waals surface area contributed by atoms with Gasteiger partial charge in [0.2, 0.25) is 0 Å². The van der Waals surface area contributed by atoms with Gasteiger partial charge in [-0.15, -0.1) is 0 Å². The number of rotatable bonds is 2. The summed E-state index contributed by atoms with van der Waals surface area (Å²) in [4.78, 5) is 0. The Hall–Kier alpha value is -0.180. The van der Waals surface area contributed by atoms with Gasteiger partial charge >= 0.3 is 14.5 Å². The number of hydrogen-bond donors (Lipinski definition) is 0. The van der Waals surface area contributed by atoms with E-state index in [1.54, 1.807) is 0 Å². The lowest BCUT2D eigenvalue weighted by Crippen LogP contribution is -1.95. The van der Waals surface area contributed by atoms with Gasteiger partial charge in [-0.25, -0.2) is 0 Å². The summed E-state index contributed by atoms with van der Waals surface area (Å²) in [7, 11) is -5.10. The molecule has 1 rings (SSSR count). The smallest absolute Gasteiger partial charge is 0.167 e. The molecule has 0 spiro atoms. The van der Waals surface area contributed by atoms with Crippen LogP contribution in [0.5, 0.6) is 0 Å². The Morgan fingerprint density at radius 1 is 1.00 bits per heavy atom. The minimum absolute atomic E-state index is 0.468. The fourth-order valence-corrected chi connectivity index (χ4v) is 3.61. The summed E-state index contributed by atoms with van der Waals surface area (Å²) in [6.45, 7) is -5.19. The molecule has 0 fully saturated rings. The van der Waals surface area contributed by atoms with E-state index in [1.807, 2.05) is 0 Å². The molecule has 1 nitrogen and oxygen atoms in total. The predicted octanol–water partition coefficient (Wildman–Crippen LogP) is 4.45. The molecular weight excluding hydrogens is 256 g/mol. The van der Waals surface area contributed by atoms with Gasteiger partial charge in [-0.3, -0.25) is 0 Å². The maximum Gasteiger partial charge on any atom is 0.387 e. The average Bonchev–Trinajstić information content (AvgIpc) is 2.01. The summed E-state index contributed by atoms with van der Waals surface area (Å²) in [5, 5.41) is -0.468. The first-order valence-electron chi connectivity index (χ1n) is 3.39. The Morgan fingerprint density at radius 3 is 1.93 bits per heavy atom. The van der Waals surface area contributed by atoms with Gasteiger partial charge in [-0.2, -0.15) is 21.3 Å². The molecule has 0 aliphatic heterocycles. The predicted molar refractivity (Wildman–Crippen MR) is 54.1 cm³/mol. The number of halogens is 4. The summed E-state index contributed by atoms with van der Waals surface area (Å²) in [5.41, 5.74) is 0. The average molecular weight is 261 g/mol. The fraction of sp³-hybridized carbons (Fsp3) is 0. The van der Waals surface area contributed by atoms with E-state index in [4.69, 9.17) is 0 Å². The van der Waals surface area contributed by atoms with Gasteiger partial charge in [-0.1, -0.05) is 18.2 Å². The Balaban J connectivity index is 3.22. The van der Waals surface area contributed by atoms with Crippen LogP contribution in [0.2, 0.25) is 0 Å². The Morgan fingerprint density at radius 2 is 1.50 bits per heavy atom. The molecule has 0 radical (unpaired) electrons. The van der Waals surface area contributed by atoms with Crippen LogP contribution in [0.1, 0.15) is 0 Å². The van der Waals surface area contributed by atoms with Crippen molar-refractivity contribution in [3.05, 3.63) is 30.3 Å². The molecule has 0 heterocycles. The van der Waals surface area contributed by atoms with Crippen molar-refractivity contribution in [2.24, 2.45) is 4.52 Å². The maximum absolute atomic E-state index is 13.1. The summed E-state index contributed by atoms with van der Waals surface area (Å²) in [5.74, 6) is 0. The van der Waals surface area contributed by atoms with E-state index in [9.17, 15) is 16.8 Å². The molecule has 0 saturated heterocycles. The van der Waals surface area contributed by atoms with Crippen LogP contribution in [0.4, 0.5) is 16.8 Å². The SMILES string of the molecule is FP(F)(=S)N=P(F)(F)c1ccccc1. The van der Waals surface area contributed by atoms with E-state index in [-0.39, 0.29) is 0 Å². The van der Waals surface area contributed by atoms with Gasteiger partial charge in [0, 0.05) is 0 Å². The van der Waals surface area contributed by atoms with Gasteiger partial charge in [0.05, 0.1) is 5.30 Å². The molecule has 0 aromatic heterocycles. The molecule has 0 saturated carbocycles. The van der Waals surface area contributed by atoms with Crippen molar-refractivity contribution < 1.29 is 16.8 Å². The number of benzene rings is 1. The summed E-state index contributed by atoms with van der Waals surface area (Å²) >= 11 is 3.59. The minimum atomic E-state index is -5.19. The van der Waals surface area contributed by atoms with E-state index >= 15 is 0 Å². The molecule has 0 atom stereocenters. The second-order valence-electron chi connectivity index (χ2n) is 2.34. The second-order valence-corrected chi connectivity index (χ2v) is 6.73. The van der Waals surface area contributed by atoms with Crippen LogP contribution < -0.4 is 5.30 Å². The van der Waals surface area contributed by atoms with Crippen molar-refractivity contribution in [1.82, 2.24) is 0 Å². The topological polar surface area (TPSA) is 12.4 Å². The van der Waals surface area contributed by atoms with Crippen molar-refractivity contribution in [1.29, 1.82) is 0 Å². The van der Waals surface area contributed by atoms with Crippen molar-refractivity contribution in [2.75, 3.05) is 0 Å². The van der Waals surface area contributed by atoms with Gasteiger partial charge in [0.15, 0.2) is 0 Å². The fourth-order valence-electron chi connectivity index (χ4n) is 0.790. The zero-order chi connectivity index (χ0) is 10.8. The highest BCUT2D eigenvalue weighted by molar-refractivity contribution is 8.10. The standard InChI is InChI=1S/C6H5F4NP2S/c7-12(8,11-13(9,10)14)6-4-2-1-3-5-6/h1-5H. The zero-order valence-corrected chi connectivity index (χ0v) is 9.25. The van der Waals surface area contributed by atoms with E-state index in [2.05, 4.69) is 16.3 Å². The molecule has 0 aliphatic rings. The van der Waals surface area contributed by atoms with E-state index in [0.717, 1.165) is 12.1 Å². The van der Waals surface area contributed by atoms with Gasteiger partial charge < -0.3 is 0 Å². The van der Waals surface area contributed by atoms with Crippen molar-refractivity contribution in [3.63, 3.8) is 0 Å². The van der Waals surface area contributed by atoms with E-state index in [1.165, 1.54) is 18.2 Å². The maximum atomic E-state index is 13.1. The first-order chi connectivity index (χ1) is 6.31.